The molecule has 2 amide bonds. The molecule has 202 valence electrons. The number of carbonyl (C=O) groups is 2. The van der Waals surface area contributed by atoms with E-state index in [2.05, 4.69) is 67.5 Å². The molecule has 0 radical (unpaired) electrons. The second-order valence-electron chi connectivity index (χ2n) is 12.2. The van der Waals surface area contributed by atoms with E-state index in [1.54, 1.807) is 0 Å². The minimum absolute atomic E-state index is 0.123. The monoisotopic (exact) mass is 483 g/mol. The van der Waals surface area contributed by atoms with Crippen molar-refractivity contribution in [2.75, 3.05) is 60.0 Å². The summed E-state index contributed by atoms with van der Waals surface area (Å²) >= 11 is 0. The van der Waals surface area contributed by atoms with E-state index in [1.807, 2.05) is 16.7 Å². The van der Waals surface area contributed by atoms with E-state index in [4.69, 9.17) is 4.74 Å². The fourth-order valence-electron chi connectivity index (χ4n) is 4.03. The summed E-state index contributed by atoms with van der Waals surface area (Å²) in [6, 6.07) is 0. The van der Waals surface area contributed by atoms with E-state index in [-0.39, 0.29) is 22.6 Å². The van der Waals surface area contributed by atoms with Gasteiger partial charge in [-0.1, -0.05) is 54.9 Å². The standard InChI is InChI=1S/C28H57N3O3/c1-11-13-15-25(32)31(19-14-18-29(9)10)21-28(7,8)23-34-22-27(5,6)20-30(12-2)26(33)17-16-24(3)4/h24H,11-23H2,1-10H3. The lowest BCUT2D eigenvalue weighted by atomic mass is 9.91. The molecule has 0 aliphatic rings. The van der Waals surface area contributed by atoms with Gasteiger partial charge in [0.2, 0.25) is 11.8 Å². The van der Waals surface area contributed by atoms with Crippen molar-refractivity contribution in [3.8, 4) is 0 Å². The van der Waals surface area contributed by atoms with Crippen LogP contribution in [0.15, 0.2) is 0 Å². The van der Waals surface area contributed by atoms with Gasteiger partial charge in [-0.05, 0) is 52.7 Å². The molecule has 6 nitrogen and oxygen atoms in total. The van der Waals surface area contributed by atoms with Gasteiger partial charge in [0.05, 0.1) is 13.2 Å². The van der Waals surface area contributed by atoms with Crippen molar-refractivity contribution in [1.82, 2.24) is 14.7 Å². The van der Waals surface area contributed by atoms with Gasteiger partial charge in [-0.25, -0.2) is 0 Å². The van der Waals surface area contributed by atoms with Crippen LogP contribution in [0, 0.1) is 16.7 Å². The molecule has 0 bridgehead atoms. The Balaban J connectivity index is 4.84. The van der Waals surface area contributed by atoms with Crippen LogP contribution >= 0.6 is 0 Å². The van der Waals surface area contributed by atoms with E-state index in [0.29, 0.717) is 45.1 Å². The van der Waals surface area contributed by atoms with E-state index in [1.165, 1.54) is 0 Å². The van der Waals surface area contributed by atoms with Gasteiger partial charge in [0.1, 0.15) is 0 Å². The Kier molecular flexibility index (Phi) is 16.0. The smallest absolute Gasteiger partial charge is 0.222 e. The molecule has 0 N–H and O–H groups in total. The number of nitrogens with zero attached hydrogens (tertiary/aromatic N) is 3. The van der Waals surface area contributed by atoms with Crippen molar-refractivity contribution in [3.05, 3.63) is 0 Å². The van der Waals surface area contributed by atoms with Crippen LogP contribution < -0.4 is 0 Å². The quantitative estimate of drug-likeness (QED) is 0.250. The van der Waals surface area contributed by atoms with Gasteiger partial charge >= 0.3 is 0 Å². The molecule has 0 aromatic carbocycles. The fraction of sp³-hybridized carbons (Fsp3) is 0.929. The Hall–Kier alpha value is -1.14. The van der Waals surface area contributed by atoms with Gasteiger partial charge in [0.25, 0.3) is 0 Å². The van der Waals surface area contributed by atoms with Crippen LogP contribution in [0.1, 0.15) is 93.9 Å². The van der Waals surface area contributed by atoms with Crippen molar-refractivity contribution in [1.29, 1.82) is 0 Å². The van der Waals surface area contributed by atoms with Gasteiger partial charge in [-0.3, -0.25) is 9.59 Å². The molecule has 34 heavy (non-hydrogen) atoms. The predicted molar refractivity (Wildman–Crippen MR) is 144 cm³/mol. The SMILES string of the molecule is CCCCC(=O)N(CCCN(C)C)CC(C)(C)COCC(C)(C)CN(CC)C(=O)CCC(C)C. The summed E-state index contributed by atoms with van der Waals surface area (Å²) in [5.41, 5.74) is -0.254. The summed E-state index contributed by atoms with van der Waals surface area (Å²) in [5, 5.41) is 0. The molecule has 0 heterocycles. The molecular formula is C28H57N3O3. The number of hydrogen-bond acceptors (Lipinski definition) is 4. The predicted octanol–water partition coefficient (Wildman–Crippen LogP) is 5.31. The molecular weight excluding hydrogens is 426 g/mol. The highest BCUT2D eigenvalue weighted by atomic mass is 16.5. The number of ether oxygens (including phenoxy) is 1. The van der Waals surface area contributed by atoms with E-state index in [9.17, 15) is 9.59 Å². The third-order valence-corrected chi connectivity index (χ3v) is 6.02. The fourth-order valence-corrected chi connectivity index (χ4v) is 4.03. The lowest BCUT2D eigenvalue weighted by Gasteiger charge is -2.35. The van der Waals surface area contributed by atoms with E-state index in [0.717, 1.165) is 45.3 Å². The molecule has 0 aromatic rings. The van der Waals surface area contributed by atoms with Crippen LogP contribution in [0.2, 0.25) is 0 Å². The zero-order chi connectivity index (χ0) is 26.4. The Morgan fingerprint density at radius 3 is 1.79 bits per heavy atom. The number of amides is 2. The third kappa shape index (κ3) is 15.7. The average Bonchev–Trinajstić information content (AvgIpc) is 2.72. The summed E-state index contributed by atoms with van der Waals surface area (Å²) in [6.45, 7) is 22.3. The van der Waals surface area contributed by atoms with Crippen molar-refractivity contribution >= 4 is 11.8 Å². The molecule has 0 aliphatic carbocycles. The van der Waals surface area contributed by atoms with Crippen LogP contribution in [0.3, 0.4) is 0 Å². The Labute approximate surface area is 211 Å². The maximum atomic E-state index is 12.8. The van der Waals surface area contributed by atoms with Gasteiger partial charge < -0.3 is 19.4 Å². The molecule has 0 aromatic heterocycles. The summed E-state index contributed by atoms with van der Waals surface area (Å²) in [5.74, 6) is 1.04. The lowest BCUT2D eigenvalue weighted by molar-refractivity contribution is -0.133. The maximum Gasteiger partial charge on any atom is 0.222 e. The van der Waals surface area contributed by atoms with Crippen molar-refractivity contribution < 1.29 is 14.3 Å². The normalized spacial score (nSPS) is 12.5. The number of rotatable bonds is 19. The van der Waals surface area contributed by atoms with E-state index >= 15 is 0 Å². The summed E-state index contributed by atoms with van der Waals surface area (Å²) in [6.07, 6.45) is 5.13. The third-order valence-electron chi connectivity index (χ3n) is 6.02. The van der Waals surface area contributed by atoms with Crippen molar-refractivity contribution in [2.24, 2.45) is 16.7 Å². The van der Waals surface area contributed by atoms with Gasteiger partial charge in [-0.15, -0.1) is 0 Å². The Morgan fingerprint density at radius 1 is 0.794 bits per heavy atom. The zero-order valence-corrected chi connectivity index (χ0v) is 24.3. The molecule has 0 spiro atoms. The van der Waals surface area contributed by atoms with Crippen molar-refractivity contribution in [3.63, 3.8) is 0 Å². The highest BCUT2D eigenvalue weighted by Crippen LogP contribution is 2.23. The minimum atomic E-state index is -0.131. The van der Waals surface area contributed by atoms with E-state index < -0.39 is 0 Å². The topological polar surface area (TPSA) is 53.1 Å². The van der Waals surface area contributed by atoms with Gasteiger partial charge in [-0.2, -0.15) is 0 Å². The van der Waals surface area contributed by atoms with Crippen LogP contribution in [0.4, 0.5) is 0 Å². The molecule has 0 rings (SSSR count). The number of carbonyl (C=O) groups excluding carboxylic acids is 2. The first-order chi connectivity index (χ1) is 15.7. The maximum absolute atomic E-state index is 12.8. The van der Waals surface area contributed by atoms with Crippen LogP contribution in [-0.4, -0.2) is 86.5 Å². The second kappa shape index (κ2) is 16.5. The lowest BCUT2D eigenvalue weighted by Crippen LogP contribution is -2.43. The minimum Gasteiger partial charge on any atom is -0.380 e. The number of hydrogen-bond donors (Lipinski definition) is 0. The first-order valence-corrected chi connectivity index (χ1v) is 13.5. The average molecular weight is 484 g/mol. The Morgan fingerprint density at radius 2 is 1.32 bits per heavy atom. The first kappa shape index (κ1) is 32.9. The highest BCUT2D eigenvalue weighted by Gasteiger charge is 2.28. The molecule has 0 fully saturated rings. The highest BCUT2D eigenvalue weighted by molar-refractivity contribution is 5.76. The summed E-state index contributed by atoms with van der Waals surface area (Å²) < 4.78 is 6.21. The molecule has 0 saturated carbocycles. The molecule has 0 unspecified atom stereocenters. The number of unbranched alkanes of at least 4 members (excludes halogenated alkanes) is 1. The van der Waals surface area contributed by atoms with Gasteiger partial charge in [0, 0.05) is 49.9 Å². The summed E-state index contributed by atoms with van der Waals surface area (Å²) in [4.78, 5) is 31.6. The first-order valence-electron chi connectivity index (χ1n) is 13.5. The van der Waals surface area contributed by atoms with Crippen LogP contribution in [0.5, 0.6) is 0 Å². The second-order valence-corrected chi connectivity index (χ2v) is 12.2. The molecule has 0 aliphatic heterocycles. The molecule has 0 atom stereocenters. The summed E-state index contributed by atoms with van der Waals surface area (Å²) in [7, 11) is 4.14. The van der Waals surface area contributed by atoms with Crippen LogP contribution in [0.25, 0.3) is 0 Å². The largest absolute Gasteiger partial charge is 0.380 e. The Bertz CT molecular complexity index is 573. The van der Waals surface area contributed by atoms with Crippen LogP contribution in [-0.2, 0) is 14.3 Å². The van der Waals surface area contributed by atoms with Gasteiger partial charge in [0.15, 0.2) is 0 Å². The molecule has 6 heteroatoms. The zero-order valence-electron chi connectivity index (χ0n) is 24.3. The molecule has 0 saturated heterocycles. The van der Waals surface area contributed by atoms with Crippen molar-refractivity contribution in [2.45, 2.75) is 93.9 Å².